The van der Waals surface area contributed by atoms with E-state index in [1.807, 2.05) is 30.3 Å². The maximum atomic E-state index is 13.0. The molecule has 0 aliphatic carbocycles. The number of benzene rings is 3. The molecular weight excluding hydrogens is 470 g/mol. The molecule has 0 unspecified atom stereocenters. The van der Waals surface area contributed by atoms with Gasteiger partial charge >= 0.3 is 0 Å². The van der Waals surface area contributed by atoms with E-state index in [4.69, 9.17) is 11.6 Å². The predicted octanol–water partition coefficient (Wildman–Crippen LogP) is 6.08. The summed E-state index contributed by atoms with van der Waals surface area (Å²) in [5, 5.41) is 6.06. The van der Waals surface area contributed by atoms with Crippen LogP contribution in [0.3, 0.4) is 0 Å². The summed E-state index contributed by atoms with van der Waals surface area (Å²) in [6.45, 7) is 1.60. The lowest BCUT2D eigenvalue weighted by molar-refractivity contribution is 0.102. The smallest absolute Gasteiger partial charge is 0.272 e. The van der Waals surface area contributed by atoms with Crippen LogP contribution in [0.2, 0.25) is 5.02 Å². The minimum Gasteiger partial charge on any atom is -0.351 e. The number of H-pyrrole nitrogens is 1. The third kappa shape index (κ3) is 4.04. The number of aromatic nitrogens is 2. The highest BCUT2D eigenvalue weighted by Crippen LogP contribution is 2.34. The summed E-state index contributed by atoms with van der Waals surface area (Å²) >= 11 is 6.49. The van der Waals surface area contributed by atoms with Crippen LogP contribution in [0.5, 0.6) is 0 Å². The molecule has 0 saturated heterocycles. The standard InChI is InChI=1S/C26H20ClN3O3S/c1-2-34(32,33)19-8-10-23-17(13-19)14-24(30-23)26(31)29-18-7-9-22(27)21(15-18)25-20-6-4-3-5-16(20)11-12-28-25/h3-15,30H,2H2,1H3,(H,29,31). The van der Waals surface area contributed by atoms with Crippen LogP contribution < -0.4 is 5.32 Å². The van der Waals surface area contributed by atoms with Crippen LogP contribution in [0.4, 0.5) is 5.69 Å². The second-order valence-electron chi connectivity index (χ2n) is 7.86. The monoisotopic (exact) mass is 489 g/mol. The molecule has 2 heterocycles. The van der Waals surface area contributed by atoms with Gasteiger partial charge in [-0.1, -0.05) is 42.8 Å². The lowest BCUT2D eigenvalue weighted by Crippen LogP contribution is -2.12. The van der Waals surface area contributed by atoms with Gasteiger partial charge in [-0.2, -0.15) is 0 Å². The molecule has 0 bridgehead atoms. The number of hydrogen-bond donors (Lipinski definition) is 2. The number of carbonyl (C=O) groups is 1. The number of rotatable bonds is 5. The van der Waals surface area contributed by atoms with Crippen molar-refractivity contribution in [2.24, 2.45) is 0 Å². The van der Waals surface area contributed by atoms with Crippen molar-refractivity contribution in [2.45, 2.75) is 11.8 Å². The van der Waals surface area contributed by atoms with E-state index in [2.05, 4.69) is 15.3 Å². The van der Waals surface area contributed by atoms with E-state index >= 15 is 0 Å². The minimum atomic E-state index is -3.33. The van der Waals surface area contributed by atoms with Gasteiger partial charge < -0.3 is 10.3 Å². The maximum absolute atomic E-state index is 13.0. The number of halogens is 1. The summed E-state index contributed by atoms with van der Waals surface area (Å²) in [6, 6.07) is 21.5. The fourth-order valence-corrected chi connectivity index (χ4v) is 5.03. The van der Waals surface area contributed by atoms with Crippen LogP contribution in [0.15, 0.2) is 83.9 Å². The number of pyridine rings is 1. The molecule has 34 heavy (non-hydrogen) atoms. The Morgan fingerprint density at radius 3 is 2.65 bits per heavy atom. The average Bonchev–Trinajstić information content (AvgIpc) is 3.29. The molecule has 1 amide bonds. The first-order chi connectivity index (χ1) is 16.4. The minimum absolute atomic E-state index is 0.0146. The van der Waals surface area contributed by atoms with Crippen LogP contribution in [-0.4, -0.2) is 30.0 Å². The topological polar surface area (TPSA) is 91.9 Å². The summed E-state index contributed by atoms with van der Waals surface area (Å²) in [7, 11) is -3.33. The molecule has 5 rings (SSSR count). The van der Waals surface area contributed by atoms with E-state index in [0.29, 0.717) is 32.9 Å². The lowest BCUT2D eigenvalue weighted by atomic mass is 10.0. The van der Waals surface area contributed by atoms with E-state index in [-0.39, 0.29) is 16.6 Å². The van der Waals surface area contributed by atoms with Gasteiger partial charge in [0.25, 0.3) is 5.91 Å². The SMILES string of the molecule is CCS(=O)(=O)c1ccc2[nH]c(C(=O)Nc3ccc(Cl)c(-c4nccc5ccccc45)c3)cc2c1. The average molecular weight is 490 g/mol. The van der Waals surface area contributed by atoms with Gasteiger partial charge in [0.2, 0.25) is 0 Å². The molecule has 6 nitrogen and oxygen atoms in total. The van der Waals surface area contributed by atoms with Gasteiger partial charge in [-0.15, -0.1) is 0 Å². The molecule has 0 atom stereocenters. The summed E-state index contributed by atoms with van der Waals surface area (Å²) in [6.07, 6.45) is 1.73. The third-order valence-corrected chi connectivity index (χ3v) is 7.79. The second-order valence-corrected chi connectivity index (χ2v) is 10.6. The zero-order chi connectivity index (χ0) is 23.9. The first-order valence-corrected chi connectivity index (χ1v) is 12.7. The van der Waals surface area contributed by atoms with Crippen molar-refractivity contribution < 1.29 is 13.2 Å². The molecule has 3 aromatic carbocycles. The Hall–Kier alpha value is -3.68. The zero-order valence-electron chi connectivity index (χ0n) is 18.2. The third-order valence-electron chi connectivity index (χ3n) is 5.73. The van der Waals surface area contributed by atoms with Crippen molar-refractivity contribution in [3.05, 3.63) is 89.7 Å². The van der Waals surface area contributed by atoms with Gasteiger partial charge in [0, 0.05) is 33.7 Å². The Labute approximate surface area is 201 Å². The van der Waals surface area contributed by atoms with E-state index in [1.54, 1.807) is 55.6 Å². The zero-order valence-corrected chi connectivity index (χ0v) is 19.7. The molecule has 5 aromatic rings. The Bertz CT molecular complexity index is 1670. The van der Waals surface area contributed by atoms with Gasteiger partial charge in [-0.05, 0) is 53.9 Å². The number of hydrogen-bond acceptors (Lipinski definition) is 4. The first-order valence-electron chi connectivity index (χ1n) is 10.7. The van der Waals surface area contributed by atoms with Crippen molar-refractivity contribution in [3.8, 4) is 11.3 Å². The van der Waals surface area contributed by atoms with Gasteiger partial charge in [0.1, 0.15) is 5.69 Å². The molecule has 170 valence electrons. The highest BCUT2D eigenvalue weighted by atomic mass is 35.5. The highest BCUT2D eigenvalue weighted by Gasteiger charge is 2.16. The van der Waals surface area contributed by atoms with E-state index in [9.17, 15) is 13.2 Å². The molecule has 0 aliphatic rings. The van der Waals surface area contributed by atoms with Gasteiger partial charge in [0.15, 0.2) is 9.84 Å². The number of anilines is 1. The summed E-state index contributed by atoms with van der Waals surface area (Å²) in [5.74, 6) is -0.337. The fourth-order valence-electron chi connectivity index (χ4n) is 3.91. The maximum Gasteiger partial charge on any atom is 0.272 e. The molecule has 2 N–H and O–H groups in total. The number of amides is 1. The second kappa shape index (κ2) is 8.59. The molecule has 0 fully saturated rings. The van der Waals surface area contributed by atoms with Crippen molar-refractivity contribution in [1.82, 2.24) is 9.97 Å². The Balaban J connectivity index is 1.47. The van der Waals surface area contributed by atoms with Crippen LogP contribution in [0.25, 0.3) is 32.9 Å². The largest absolute Gasteiger partial charge is 0.351 e. The van der Waals surface area contributed by atoms with Crippen molar-refractivity contribution in [3.63, 3.8) is 0 Å². The normalized spacial score (nSPS) is 11.7. The lowest BCUT2D eigenvalue weighted by Gasteiger charge is -2.10. The number of sulfone groups is 1. The molecule has 0 spiro atoms. The highest BCUT2D eigenvalue weighted by molar-refractivity contribution is 7.91. The van der Waals surface area contributed by atoms with Crippen LogP contribution in [0, 0.1) is 0 Å². The molecule has 0 radical (unpaired) electrons. The van der Waals surface area contributed by atoms with Crippen LogP contribution in [0.1, 0.15) is 17.4 Å². The van der Waals surface area contributed by atoms with Crippen molar-refractivity contribution in [1.29, 1.82) is 0 Å². The molecular formula is C26H20ClN3O3S. The Kier molecular flexibility index (Phi) is 5.59. The van der Waals surface area contributed by atoms with Crippen LogP contribution >= 0.6 is 11.6 Å². The Morgan fingerprint density at radius 2 is 1.82 bits per heavy atom. The van der Waals surface area contributed by atoms with Gasteiger partial charge in [-0.25, -0.2) is 8.42 Å². The number of carbonyl (C=O) groups excluding carboxylic acids is 1. The van der Waals surface area contributed by atoms with E-state index in [0.717, 1.165) is 16.5 Å². The summed E-state index contributed by atoms with van der Waals surface area (Å²) in [5.41, 5.74) is 3.00. The van der Waals surface area contributed by atoms with Crippen LogP contribution in [-0.2, 0) is 9.84 Å². The molecule has 2 aromatic heterocycles. The molecule has 0 aliphatic heterocycles. The molecule has 8 heteroatoms. The first kappa shape index (κ1) is 22.1. The predicted molar refractivity (Wildman–Crippen MR) is 136 cm³/mol. The summed E-state index contributed by atoms with van der Waals surface area (Å²) < 4.78 is 24.4. The van der Waals surface area contributed by atoms with Crippen molar-refractivity contribution >= 4 is 54.7 Å². The number of nitrogens with zero attached hydrogens (tertiary/aromatic N) is 1. The Morgan fingerprint density at radius 1 is 1.00 bits per heavy atom. The van der Waals surface area contributed by atoms with Gasteiger partial charge in [-0.3, -0.25) is 9.78 Å². The number of fused-ring (bicyclic) bond motifs is 2. The fraction of sp³-hybridized carbons (Fsp3) is 0.0769. The quantitative estimate of drug-likeness (QED) is 0.313. The summed E-state index contributed by atoms with van der Waals surface area (Å²) in [4.78, 5) is 20.8. The number of aromatic amines is 1. The van der Waals surface area contributed by atoms with E-state index in [1.165, 1.54) is 0 Å². The van der Waals surface area contributed by atoms with E-state index < -0.39 is 9.84 Å². The molecule has 0 saturated carbocycles. The number of nitrogens with one attached hydrogen (secondary N) is 2. The van der Waals surface area contributed by atoms with Crippen molar-refractivity contribution in [2.75, 3.05) is 11.1 Å². The van der Waals surface area contributed by atoms with Gasteiger partial charge in [0.05, 0.1) is 21.4 Å².